The van der Waals surface area contributed by atoms with Gasteiger partial charge in [0.2, 0.25) is 12.2 Å². The van der Waals surface area contributed by atoms with Crippen LogP contribution in [0.3, 0.4) is 0 Å². The topological polar surface area (TPSA) is 118 Å². The molecule has 0 bridgehead atoms. The van der Waals surface area contributed by atoms with E-state index in [1.807, 2.05) is 4.90 Å². The molecule has 2 heterocycles. The van der Waals surface area contributed by atoms with Gasteiger partial charge in [0.25, 0.3) is 5.69 Å². The van der Waals surface area contributed by atoms with E-state index >= 15 is 0 Å². The fourth-order valence-electron chi connectivity index (χ4n) is 2.62. The van der Waals surface area contributed by atoms with Gasteiger partial charge in [-0.2, -0.15) is 4.40 Å². The van der Waals surface area contributed by atoms with E-state index < -0.39 is 10.9 Å². The maximum atomic E-state index is 11.1. The van der Waals surface area contributed by atoms with E-state index in [1.54, 1.807) is 6.07 Å². The summed E-state index contributed by atoms with van der Waals surface area (Å²) in [4.78, 5) is 23.5. The van der Waals surface area contributed by atoms with Gasteiger partial charge < -0.3 is 10.0 Å². The number of piperidine rings is 1. The van der Waals surface area contributed by atoms with E-state index in [2.05, 4.69) is 9.55 Å². The average molecular weight is 324 g/mol. The van der Waals surface area contributed by atoms with E-state index in [4.69, 9.17) is 9.39 Å². The summed E-state index contributed by atoms with van der Waals surface area (Å²) in [7, 11) is 0. The Morgan fingerprint density at radius 1 is 1.41 bits per heavy atom. The predicted octanol–water partition coefficient (Wildman–Crippen LogP) is 0.643. The van der Waals surface area contributed by atoms with Gasteiger partial charge >= 0.3 is 5.97 Å². The molecular weight excluding hydrogens is 312 g/mol. The first-order valence-corrected chi connectivity index (χ1v) is 7.32. The molecule has 1 aromatic carbocycles. The van der Waals surface area contributed by atoms with E-state index in [0.29, 0.717) is 49.2 Å². The number of rotatable bonds is 3. The molecule has 0 saturated carbocycles. The SMILES string of the molecule is O=C(O)C1CCN(c2ccc([N+](=O)[O-])c3c2=NOSN=3)CC1. The number of hydrogen-bond donors (Lipinski definition) is 1. The molecular formula is C12H12N4O5S. The van der Waals surface area contributed by atoms with Gasteiger partial charge in [-0.1, -0.05) is 5.16 Å². The molecule has 0 spiro atoms. The van der Waals surface area contributed by atoms with Gasteiger partial charge in [-0.25, -0.2) is 0 Å². The third-order valence-electron chi connectivity index (χ3n) is 3.78. The molecule has 116 valence electrons. The van der Waals surface area contributed by atoms with Crippen LogP contribution in [0, 0.1) is 16.0 Å². The fraction of sp³-hybridized carbons (Fsp3) is 0.417. The Bertz CT molecular complexity index is 745. The number of carbonyl (C=O) groups is 1. The summed E-state index contributed by atoms with van der Waals surface area (Å²) in [6.07, 6.45) is 1.04. The van der Waals surface area contributed by atoms with E-state index in [0.717, 1.165) is 0 Å². The van der Waals surface area contributed by atoms with Gasteiger partial charge in [-0.15, -0.1) is 0 Å². The molecule has 0 unspecified atom stereocenters. The molecule has 9 nitrogen and oxygen atoms in total. The van der Waals surface area contributed by atoms with Crippen molar-refractivity contribution in [3.8, 4) is 0 Å². The lowest BCUT2D eigenvalue weighted by Gasteiger charge is -2.31. The third kappa shape index (κ3) is 2.56. The highest BCUT2D eigenvalue weighted by Gasteiger charge is 2.27. The summed E-state index contributed by atoms with van der Waals surface area (Å²) in [5, 5.41) is 24.5. The van der Waals surface area contributed by atoms with Crippen LogP contribution >= 0.6 is 12.2 Å². The zero-order chi connectivity index (χ0) is 15.7. The van der Waals surface area contributed by atoms with Gasteiger partial charge in [-0.05, 0) is 18.9 Å². The zero-order valence-electron chi connectivity index (χ0n) is 11.3. The molecule has 10 heteroatoms. The standard InChI is InChI=1S/C12H12N4O5S/c17-12(18)7-3-5-15(6-4-7)8-1-2-9(16(19)20)11-10(8)13-21-22-14-11/h1-2,7H,3-6H2,(H,17,18). The molecule has 0 aromatic heterocycles. The Labute approximate surface area is 128 Å². The molecule has 0 aliphatic carbocycles. The Morgan fingerprint density at radius 2 is 2.14 bits per heavy atom. The van der Waals surface area contributed by atoms with Crippen LogP contribution < -0.4 is 15.6 Å². The first kappa shape index (κ1) is 14.6. The van der Waals surface area contributed by atoms with Crippen LogP contribution in [-0.4, -0.2) is 29.1 Å². The minimum atomic E-state index is -0.787. The Kier molecular flexibility index (Phi) is 3.84. The van der Waals surface area contributed by atoms with Crippen molar-refractivity contribution in [2.45, 2.75) is 12.8 Å². The van der Waals surface area contributed by atoms with Crippen molar-refractivity contribution >= 4 is 29.6 Å². The van der Waals surface area contributed by atoms with Crippen LogP contribution in [0.15, 0.2) is 21.7 Å². The lowest BCUT2D eigenvalue weighted by atomic mass is 9.96. The number of hydrogen-bond acceptors (Lipinski definition) is 8. The van der Waals surface area contributed by atoms with Crippen molar-refractivity contribution in [1.82, 2.24) is 0 Å². The smallest absolute Gasteiger partial charge is 0.306 e. The van der Waals surface area contributed by atoms with Gasteiger partial charge in [-0.3, -0.25) is 19.2 Å². The first-order chi connectivity index (χ1) is 10.6. The third-order valence-corrected chi connectivity index (χ3v) is 4.18. The van der Waals surface area contributed by atoms with Gasteiger partial charge in [0.05, 0.1) is 16.5 Å². The van der Waals surface area contributed by atoms with E-state index in [-0.39, 0.29) is 17.0 Å². The zero-order valence-corrected chi connectivity index (χ0v) is 12.2. The lowest BCUT2D eigenvalue weighted by molar-refractivity contribution is -0.386. The molecule has 1 N–H and O–H groups in total. The summed E-state index contributed by atoms with van der Waals surface area (Å²) in [6, 6.07) is 3.00. The normalized spacial score (nSPS) is 17.7. The minimum Gasteiger partial charge on any atom is -0.481 e. The van der Waals surface area contributed by atoms with Crippen molar-refractivity contribution in [2.75, 3.05) is 18.0 Å². The number of nitro groups is 1. The summed E-state index contributed by atoms with van der Waals surface area (Å²) in [5.74, 6) is -1.14. The van der Waals surface area contributed by atoms with Crippen LogP contribution in [0.5, 0.6) is 0 Å². The number of non-ortho nitro benzene ring substituents is 1. The Balaban J connectivity index is 1.97. The lowest BCUT2D eigenvalue weighted by Crippen LogP contribution is -2.42. The average Bonchev–Trinajstić information content (AvgIpc) is 2.53. The second kappa shape index (κ2) is 5.79. The molecule has 3 rings (SSSR count). The van der Waals surface area contributed by atoms with Crippen LogP contribution in [0.25, 0.3) is 0 Å². The molecule has 2 aliphatic heterocycles. The number of anilines is 1. The second-order valence-electron chi connectivity index (χ2n) is 4.99. The fourth-order valence-corrected chi connectivity index (χ4v) is 3.01. The number of aliphatic carboxylic acids is 1. The highest BCUT2D eigenvalue weighted by molar-refractivity contribution is 7.93. The Hall–Kier alpha value is -2.36. The maximum absolute atomic E-state index is 11.1. The molecule has 1 fully saturated rings. The van der Waals surface area contributed by atoms with Gasteiger partial charge in [0.15, 0.2) is 10.7 Å². The minimum absolute atomic E-state index is 0.126. The molecule has 1 aromatic rings. The van der Waals surface area contributed by atoms with Gasteiger partial charge in [0.1, 0.15) is 0 Å². The number of fused-ring (bicyclic) bond motifs is 1. The number of nitro benzene ring substituents is 1. The van der Waals surface area contributed by atoms with E-state index in [9.17, 15) is 14.9 Å². The van der Waals surface area contributed by atoms with Crippen molar-refractivity contribution in [3.63, 3.8) is 0 Å². The summed E-state index contributed by atoms with van der Waals surface area (Å²) in [5.41, 5.74) is 0.548. The summed E-state index contributed by atoms with van der Waals surface area (Å²) < 4.78 is 8.80. The van der Waals surface area contributed by atoms with Crippen molar-refractivity contribution in [2.24, 2.45) is 15.5 Å². The summed E-state index contributed by atoms with van der Waals surface area (Å²) in [6.45, 7) is 1.09. The molecule has 0 atom stereocenters. The number of carboxylic acid groups (broad SMARTS) is 1. The van der Waals surface area contributed by atoms with Crippen LogP contribution in [0.4, 0.5) is 11.4 Å². The van der Waals surface area contributed by atoms with Crippen LogP contribution in [0.1, 0.15) is 12.8 Å². The quantitative estimate of drug-likeness (QED) is 0.375. The summed E-state index contributed by atoms with van der Waals surface area (Å²) >= 11 is 0.686. The number of carboxylic acids is 1. The molecule has 1 saturated heterocycles. The van der Waals surface area contributed by atoms with Crippen molar-refractivity contribution in [1.29, 1.82) is 0 Å². The predicted molar refractivity (Wildman–Crippen MR) is 76.7 cm³/mol. The van der Waals surface area contributed by atoms with Crippen LogP contribution in [-0.2, 0) is 9.08 Å². The molecule has 0 amide bonds. The first-order valence-electron chi connectivity index (χ1n) is 6.62. The number of nitrogens with zero attached hydrogens (tertiary/aromatic N) is 4. The van der Waals surface area contributed by atoms with Crippen LogP contribution in [0.2, 0.25) is 0 Å². The molecule has 2 aliphatic rings. The maximum Gasteiger partial charge on any atom is 0.306 e. The van der Waals surface area contributed by atoms with Gasteiger partial charge in [0, 0.05) is 19.2 Å². The monoisotopic (exact) mass is 324 g/mol. The highest BCUT2D eigenvalue weighted by Crippen LogP contribution is 2.22. The number of benzene rings is 1. The molecule has 0 radical (unpaired) electrons. The second-order valence-corrected chi connectivity index (χ2v) is 5.47. The van der Waals surface area contributed by atoms with Crippen molar-refractivity contribution in [3.05, 3.63) is 33.0 Å². The molecule has 22 heavy (non-hydrogen) atoms. The van der Waals surface area contributed by atoms with Crippen molar-refractivity contribution < 1.29 is 19.1 Å². The largest absolute Gasteiger partial charge is 0.481 e. The highest BCUT2D eigenvalue weighted by atomic mass is 32.2. The Morgan fingerprint density at radius 3 is 2.77 bits per heavy atom. The van der Waals surface area contributed by atoms with E-state index in [1.165, 1.54) is 6.07 Å².